The number of hydrogen-bond donors (Lipinski definition) is 0. The predicted octanol–water partition coefficient (Wildman–Crippen LogP) is 5.33. The number of para-hydroxylation sites is 1. The maximum absolute atomic E-state index is 5.91. The molecule has 8 heteroatoms. The molecule has 0 unspecified atom stereocenters. The lowest BCUT2D eigenvalue weighted by Crippen LogP contribution is -2.00. The molecule has 0 spiro atoms. The zero-order valence-electron chi connectivity index (χ0n) is 13.2. The summed E-state index contributed by atoms with van der Waals surface area (Å²) in [6, 6.07) is 12.9. The van der Waals surface area contributed by atoms with E-state index >= 15 is 0 Å². The molecule has 0 saturated carbocycles. The van der Waals surface area contributed by atoms with E-state index in [4.69, 9.17) is 25.5 Å². The van der Waals surface area contributed by atoms with Gasteiger partial charge in [-0.15, -0.1) is 10.2 Å². The molecule has 0 atom stereocenters. The molecular formula is C17H14BrClN2O3S. The van der Waals surface area contributed by atoms with Gasteiger partial charge in [0, 0.05) is 10.8 Å². The van der Waals surface area contributed by atoms with E-state index in [0.717, 1.165) is 15.8 Å². The second-order valence-electron chi connectivity index (χ2n) is 4.85. The Kier molecular flexibility index (Phi) is 6.23. The van der Waals surface area contributed by atoms with Gasteiger partial charge in [0.15, 0.2) is 0 Å². The van der Waals surface area contributed by atoms with E-state index in [0.29, 0.717) is 34.2 Å². The molecule has 0 radical (unpaired) electrons. The van der Waals surface area contributed by atoms with Gasteiger partial charge in [-0.1, -0.05) is 35.5 Å². The predicted molar refractivity (Wildman–Crippen MR) is 102 cm³/mol. The summed E-state index contributed by atoms with van der Waals surface area (Å²) in [5, 5.41) is 9.27. The highest BCUT2D eigenvalue weighted by molar-refractivity contribution is 9.10. The van der Waals surface area contributed by atoms with Crippen molar-refractivity contribution in [1.29, 1.82) is 0 Å². The zero-order chi connectivity index (χ0) is 17.6. The molecule has 25 heavy (non-hydrogen) atoms. The molecule has 0 amide bonds. The van der Waals surface area contributed by atoms with Crippen LogP contribution in [0.1, 0.15) is 0 Å². The average Bonchev–Trinajstić information content (AvgIpc) is 3.09. The van der Waals surface area contributed by atoms with Crippen LogP contribution in [0.2, 0.25) is 5.02 Å². The van der Waals surface area contributed by atoms with Gasteiger partial charge in [-0.25, -0.2) is 0 Å². The SMILES string of the molecule is COc1ccccc1-c1nnc(SCCOc2ccc(Cl)cc2Br)o1. The van der Waals surface area contributed by atoms with E-state index in [2.05, 4.69) is 26.1 Å². The van der Waals surface area contributed by atoms with Crippen LogP contribution >= 0.6 is 39.3 Å². The Bertz CT molecular complexity index is 859. The molecule has 1 aromatic heterocycles. The lowest BCUT2D eigenvalue weighted by atomic mass is 10.2. The number of ether oxygens (including phenoxy) is 2. The number of methoxy groups -OCH3 is 1. The Balaban J connectivity index is 1.55. The minimum absolute atomic E-state index is 0.432. The average molecular weight is 442 g/mol. The van der Waals surface area contributed by atoms with Crippen molar-refractivity contribution in [2.75, 3.05) is 19.5 Å². The Hall–Kier alpha value is -1.70. The molecule has 0 fully saturated rings. The molecule has 5 nitrogen and oxygen atoms in total. The molecule has 0 aliphatic heterocycles. The van der Waals surface area contributed by atoms with Crippen LogP contribution in [-0.4, -0.2) is 29.7 Å². The van der Waals surface area contributed by atoms with E-state index in [1.54, 1.807) is 19.2 Å². The molecule has 0 N–H and O–H groups in total. The lowest BCUT2D eigenvalue weighted by molar-refractivity contribution is 0.341. The van der Waals surface area contributed by atoms with Crippen LogP contribution in [0.5, 0.6) is 11.5 Å². The standard InChI is InChI=1S/C17H14BrClN2O3S/c1-22-14-5-3-2-4-12(14)16-20-21-17(24-16)25-9-8-23-15-7-6-11(19)10-13(15)18/h2-7,10H,8-9H2,1H3. The van der Waals surface area contributed by atoms with E-state index in [1.807, 2.05) is 30.3 Å². The minimum atomic E-state index is 0.432. The number of rotatable bonds is 7. The van der Waals surface area contributed by atoms with Crippen molar-refractivity contribution < 1.29 is 13.9 Å². The van der Waals surface area contributed by atoms with Gasteiger partial charge in [-0.05, 0) is 46.3 Å². The highest BCUT2D eigenvalue weighted by atomic mass is 79.9. The third-order valence-corrected chi connectivity index (χ3v) is 4.84. The normalized spacial score (nSPS) is 10.7. The molecule has 130 valence electrons. The maximum atomic E-state index is 5.91. The number of aromatic nitrogens is 2. The highest BCUT2D eigenvalue weighted by Gasteiger charge is 2.13. The van der Waals surface area contributed by atoms with Gasteiger partial charge >= 0.3 is 0 Å². The summed E-state index contributed by atoms with van der Waals surface area (Å²) in [5.74, 6) is 2.54. The van der Waals surface area contributed by atoms with Crippen LogP contribution in [0.4, 0.5) is 0 Å². The van der Waals surface area contributed by atoms with Gasteiger partial charge in [0.1, 0.15) is 11.5 Å². The van der Waals surface area contributed by atoms with Crippen molar-refractivity contribution in [2.45, 2.75) is 5.22 Å². The van der Waals surface area contributed by atoms with E-state index < -0.39 is 0 Å². The van der Waals surface area contributed by atoms with Crippen LogP contribution in [0.3, 0.4) is 0 Å². The monoisotopic (exact) mass is 440 g/mol. The first-order chi connectivity index (χ1) is 12.2. The number of benzene rings is 2. The first-order valence-corrected chi connectivity index (χ1v) is 9.50. The van der Waals surface area contributed by atoms with Crippen LogP contribution in [0.15, 0.2) is 56.6 Å². The van der Waals surface area contributed by atoms with Crippen LogP contribution in [0.25, 0.3) is 11.5 Å². The summed E-state index contributed by atoms with van der Waals surface area (Å²) < 4.78 is 17.5. The lowest BCUT2D eigenvalue weighted by Gasteiger charge is -2.07. The Morgan fingerprint density at radius 3 is 2.80 bits per heavy atom. The highest BCUT2D eigenvalue weighted by Crippen LogP contribution is 2.31. The third-order valence-electron chi connectivity index (χ3n) is 3.20. The number of nitrogens with zero attached hydrogens (tertiary/aromatic N) is 2. The van der Waals surface area contributed by atoms with Crippen molar-refractivity contribution in [3.8, 4) is 23.0 Å². The van der Waals surface area contributed by atoms with Crippen molar-refractivity contribution in [2.24, 2.45) is 0 Å². The fraction of sp³-hybridized carbons (Fsp3) is 0.176. The fourth-order valence-electron chi connectivity index (χ4n) is 2.07. The minimum Gasteiger partial charge on any atom is -0.496 e. The topological polar surface area (TPSA) is 57.4 Å². The Morgan fingerprint density at radius 1 is 1.16 bits per heavy atom. The smallest absolute Gasteiger partial charge is 0.276 e. The molecule has 0 aliphatic carbocycles. The molecule has 3 aromatic rings. The number of hydrogen-bond acceptors (Lipinski definition) is 6. The second kappa shape index (κ2) is 8.60. The van der Waals surface area contributed by atoms with Crippen molar-refractivity contribution in [1.82, 2.24) is 10.2 Å². The van der Waals surface area contributed by atoms with Crippen molar-refractivity contribution in [3.63, 3.8) is 0 Å². The quantitative estimate of drug-likeness (QED) is 0.365. The molecule has 3 rings (SSSR count). The van der Waals surface area contributed by atoms with E-state index in [-0.39, 0.29) is 0 Å². The Morgan fingerprint density at radius 2 is 2.00 bits per heavy atom. The van der Waals surface area contributed by atoms with Gasteiger partial charge in [-0.3, -0.25) is 0 Å². The molecule has 2 aromatic carbocycles. The summed E-state index contributed by atoms with van der Waals surface area (Å²) in [7, 11) is 1.61. The van der Waals surface area contributed by atoms with Crippen LogP contribution in [-0.2, 0) is 0 Å². The Labute approximate surface area is 162 Å². The van der Waals surface area contributed by atoms with Gasteiger partial charge in [0.05, 0.1) is 23.8 Å². The van der Waals surface area contributed by atoms with Gasteiger partial charge in [0.25, 0.3) is 11.1 Å². The maximum Gasteiger partial charge on any atom is 0.276 e. The zero-order valence-corrected chi connectivity index (χ0v) is 16.4. The van der Waals surface area contributed by atoms with Crippen molar-refractivity contribution >= 4 is 39.3 Å². The summed E-state index contributed by atoms with van der Waals surface area (Å²) in [4.78, 5) is 0. The summed E-state index contributed by atoms with van der Waals surface area (Å²) >= 11 is 10.8. The van der Waals surface area contributed by atoms with Crippen molar-refractivity contribution in [3.05, 3.63) is 52.0 Å². The third kappa shape index (κ3) is 4.68. The largest absolute Gasteiger partial charge is 0.496 e. The summed E-state index contributed by atoms with van der Waals surface area (Å²) in [5.41, 5.74) is 0.769. The number of thioether (sulfide) groups is 1. The fourth-order valence-corrected chi connectivity index (χ4v) is 3.45. The second-order valence-corrected chi connectivity index (χ2v) is 7.18. The van der Waals surface area contributed by atoms with Crippen LogP contribution < -0.4 is 9.47 Å². The molecule has 0 bridgehead atoms. The number of halogens is 2. The van der Waals surface area contributed by atoms with Crippen LogP contribution in [0, 0.1) is 0 Å². The van der Waals surface area contributed by atoms with E-state index in [1.165, 1.54) is 11.8 Å². The van der Waals surface area contributed by atoms with Gasteiger partial charge in [0.2, 0.25) is 0 Å². The molecule has 0 aliphatic rings. The first kappa shape index (κ1) is 18.1. The summed E-state index contributed by atoms with van der Waals surface area (Å²) in [6.45, 7) is 0.497. The van der Waals surface area contributed by atoms with E-state index in [9.17, 15) is 0 Å². The molecular weight excluding hydrogens is 428 g/mol. The van der Waals surface area contributed by atoms with Gasteiger partial charge < -0.3 is 13.9 Å². The van der Waals surface area contributed by atoms with Gasteiger partial charge in [-0.2, -0.15) is 0 Å². The summed E-state index contributed by atoms with van der Waals surface area (Å²) in [6.07, 6.45) is 0. The first-order valence-electron chi connectivity index (χ1n) is 7.35. The molecule has 0 saturated heterocycles. The molecule has 1 heterocycles.